The summed E-state index contributed by atoms with van der Waals surface area (Å²) in [6.07, 6.45) is 1.84. The number of anilines is 2. The monoisotopic (exact) mass is 235 g/mol. The summed E-state index contributed by atoms with van der Waals surface area (Å²) >= 11 is 0. The first-order chi connectivity index (χ1) is 8.81. The fourth-order valence-corrected chi connectivity index (χ4v) is 1.81. The summed E-state index contributed by atoms with van der Waals surface area (Å²) in [5, 5.41) is 4.34. The Hall–Kier alpha value is -2.42. The number of rotatable bonds is 2. The van der Waals surface area contributed by atoms with E-state index in [-0.39, 0.29) is 0 Å². The first-order valence-corrected chi connectivity index (χ1v) is 5.87. The lowest BCUT2D eigenvalue weighted by atomic mass is 10.2. The zero-order chi connectivity index (χ0) is 12.4. The number of hydrogen-bond donors (Lipinski definition) is 1. The Labute approximate surface area is 106 Å². The Bertz CT molecular complexity index is 675. The Morgan fingerprint density at radius 1 is 0.889 bits per heavy atom. The molecule has 0 spiro atoms. The molecule has 1 aromatic carbocycles. The van der Waals surface area contributed by atoms with Gasteiger partial charge in [-0.3, -0.25) is 0 Å². The van der Waals surface area contributed by atoms with E-state index >= 15 is 0 Å². The maximum Gasteiger partial charge on any atom is 0.132 e. The number of para-hydroxylation sites is 1. The largest absolute Gasteiger partial charge is 0.325 e. The van der Waals surface area contributed by atoms with Gasteiger partial charge in [-0.1, -0.05) is 24.3 Å². The van der Waals surface area contributed by atoms with Crippen molar-refractivity contribution < 1.29 is 0 Å². The number of nitrogens with one attached hydrogen (secondary N) is 1. The van der Waals surface area contributed by atoms with E-state index in [2.05, 4.69) is 27.4 Å². The van der Waals surface area contributed by atoms with E-state index in [0.717, 1.165) is 28.1 Å². The van der Waals surface area contributed by atoms with Gasteiger partial charge in [-0.05, 0) is 36.8 Å². The van der Waals surface area contributed by atoms with Crippen molar-refractivity contribution >= 4 is 22.5 Å². The fraction of sp³-hybridized carbons (Fsp3) is 0.0667. The summed E-state index contributed by atoms with van der Waals surface area (Å²) in [7, 11) is 0. The van der Waals surface area contributed by atoms with E-state index in [9.17, 15) is 0 Å². The lowest BCUT2D eigenvalue weighted by molar-refractivity contribution is 1.24. The van der Waals surface area contributed by atoms with Gasteiger partial charge in [0.2, 0.25) is 0 Å². The summed E-state index contributed by atoms with van der Waals surface area (Å²) in [6.45, 7) is 2.02. The third kappa shape index (κ3) is 2.15. The second kappa shape index (κ2) is 4.45. The van der Waals surface area contributed by atoms with Crippen molar-refractivity contribution in [3.8, 4) is 0 Å². The molecule has 1 N–H and O–H groups in total. The van der Waals surface area contributed by atoms with Crippen LogP contribution in [-0.2, 0) is 0 Å². The highest BCUT2D eigenvalue weighted by Crippen LogP contribution is 2.17. The highest BCUT2D eigenvalue weighted by Gasteiger charge is 1.99. The van der Waals surface area contributed by atoms with Gasteiger partial charge in [0, 0.05) is 11.6 Å². The summed E-state index contributed by atoms with van der Waals surface area (Å²) in [5.41, 5.74) is 2.13. The van der Waals surface area contributed by atoms with Gasteiger partial charge in [-0.15, -0.1) is 0 Å². The van der Waals surface area contributed by atoms with E-state index in [1.807, 2.05) is 49.5 Å². The third-order valence-corrected chi connectivity index (χ3v) is 2.77. The van der Waals surface area contributed by atoms with Gasteiger partial charge in [0.25, 0.3) is 0 Å². The molecule has 2 aromatic heterocycles. The molecule has 0 bridgehead atoms. The molecule has 3 rings (SSSR count). The Kier molecular flexibility index (Phi) is 2.65. The molecule has 18 heavy (non-hydrogen) atoms. The minimum absolute atomic E-state index is 0.809. The summed E-state index contributed by atoms with van der Waals surface area (Å²) in [5.74, 6) is 1.62. The van der Waals surface area contributed by atoms with Crippen LogP contribution in [0.4, 0.5) is 11.6 Å². The molecule has 0 atom stereocenters. The average Bonchev–Trinajstić information content (AvgIpc) is 2.41. The molecule has 0 radical (unpaired) electrons. The molecule has 0 saturated carbocycles. The summed E-state index contributed by atoms with van der Waals surface area (Å²) in [6, 6.07) is 16.0. The number of pyridine rings is 2. The van der Waals surface area contributed by atoms with Crippen molar-refractivity contribution in [1.82, 2.24) is 9.97 Å². The summed E-state index contributed by atoms with van der Waals surface area (Å²) in [4.78, 5) is 8.84. The molecule has 2 heterocycles. The number of benzene rings is 1. The van der Waals surface area contributed by atoms with Crippen LogP contribution in [-0.4, -0.2) is 9.97 Å². The lowest BCUT2D eigenvalue weighted by Crippen LogP contribution is -1.95. The second-order valence-electron chi connectivity index (χ2n) is 4.23. The Balaban J connectivity index is 1.92. The van der Waals surface area contributed by atoms with Crippen molar-refractivity contribution in [2.24, 2.45) is 0 Å². The molecule has 3 nitrogen and oxygen atoms in total. The van der Waals surface area contributed by atoms with Crippen LogP contribution in [0.3, 0.4) is 0 Å². The molecular weight excluding hydrogens is 222 g/mol. The molecule has 0 aliphatic carbocycles. The van der Waals surface area contributed by atoms with Crippen LogP contribution in [0, 0.1) is 6.92 Å². The number of hydrogen-bond acceptors (Lipinski definition) is 3. The topological polar surface area (TPSA) is 37.8 Å². The maximum absolute atomic E-state index is 4.54. The molecule has 3 aromatic rings. The van der Waals surface area contributed by atoms with Gasteiger partial charge in [0.05, 0.1) is 5.52 Å². The number of aromatic nitrogens is 2. The lowest BCUT2D eigenvalue weighted by Gasteiger charge is -2.06. The number of fused-ring (bicyclic) bond motifs is 1. The molecule has 0 aliphatic rings. The predicted octanol–water partition coefficient (Wildman–Crippen LogP) is 3.68. The zero-order valence-corrected chi connectivity index (χ0v) is 10.1. The molecule has 88 valence electrons. The van der Waals surface area contributed by atoms with Crippen LogP contribution < -0.4 is 5.32 Å². The third-order valence-electron chi connectivity index (χ3n) is 2.77. The standard InChI is InChI=1S/C15H13N3/c1-11-6-8-14(16-10-11)18-15-9-7-12-4-2-3-5-13(12)17-15/h2-10H,1H3,(H,16,17,18). The van der Waals surface area contributed by atoms with E-state index < -0.39 is 0 Å². The van der Waals surface area contributed by atoms with Crippen LogP contribution in [0.25, 0.3) is 10.9 Å². The molecular formula is C15H13N3. The quantitative estimate of drug-likeness (QED) is 0.736. The maximum atomic E-state index is 4.54. The summed E-state index contributed by atoms with van der Waals surface area (Å²) < 4.78 is 0. The smallest absolute Gasteiger partial charge is 0.132 e. The van der Waals surface area contributed by atoms with E-state index in [4.69, 9.17) is 0 Å². The van der Waals surface area contributed by atoms with Crippen molar-refractivity contribution in [2.45, 2.75) is 6.92 Å². The van der Waals surface area contributed by atoms with Crippen molar-refractivity contribution in [3.63, 3.8) is 0 Å². The van der Waals surface area contributed by atoms with Crippen LogP contribution in [0.15, 0.2) is 54.7 Å². The first-order valence-electron chi connectivity index (χ1n) is 5.87. The van der Waals surface area contributed by atoms with E-state index in [1.165, 1.54) is 0 Å². The molecule has 0 aliphatic heterocycles. The van der Waals surface area contributed by atoms with E-state index in [0.29, 0.717) is 0 Å². The van der Waals surface area contributed by atoms with Crippen LogP contribution >= 0.6 is 0 Å². The Morgan fingerprint density at radius 2 is 1.72 bits per heavy atom. The SMILES string of the molecule is Cc1ccc(Nc2ccc3ccccc3n2)nc1. The van der Waals surface area contributed by atoms with Gasteiger partial charge in [0.15, 0.2) is 0 Å². The fourth-order valence-electron chi connectivity index (χ4n) is 1.81. The van der Waals surface area contributed by atoms with E-state index in [1.54, 1.807) is 0 Å². The first kappa shape index (κ1) is 10.7. The van der Waals surface area contributed by atoms with Gasteiger partial charge < -0.3 is 5.32 Å². The average molecular weight is 235 g/mol. The molecule has 0 fully saturated rings. The van der Waals surface area contributed by atoms with Crippen molar-refractivity contribution in [2.75, 3.05) is 5.32 Å². The minimum atomic E-state index is 0.809. The van der Waals surface area contributed by atoms with Crippen LogP contribution in [0.5, 0.6) is 0 Å². The molecule has 0 unspecified atom stereocenters. The highest BCUT2D eigenvalue weighted by molar-refractivity contribution is 5.80. The normalized spacial score (nSPS) is 10.5. The van der Waals surface area contributed by atoms with Crippen LogP contribution in [0.1, 0.15) is 5.56 Å². The van der Waals surface area contributed by atoms with Gasteiger partial charge >= 0.3 is 0 Å². The van der Waals surface area contributed by atoms with Gasteiger partial charge in [0.1, 0.15) is 11.6 Å². The minimum Gasteiger partial charge on any atom is -0.325 e. The van der Waals surface area contributed by atoms with Gasteiger partial charge in [-0.2, -0.15) is 0 Å². The van der Waals surface area contributed by atoms with Crippen molar-refractivity contribution in [3.05, 3.63) is 60.3 Å². The molecule has 0 amide bonds. The van der Waals surface area contributed by atoms with Crippen molar-refractivity contribution in [1.29, 1.82) is 0 Å². The predicted molar refractivity (Wildman–Crippen MR) is 74.0 cm³/mol. The Morgan fingerprint density at radius 3 is 2.56 bits per heavy atom. The highest BCUT2D eigenvalue weighted by atomic mass is 15.0. The molecule has 0 saturated heterocycles. The molecule has 3 heteroatoms. The number of aryl methyl sites for hydroxylation is 1. The zero-order valence-electron chi connectivity index (χ0n) is 10.1. The second-order valence-corrected chi connectivity index (χ2v) is 4.23. The van der Waals surface area contributed by atoms with Crippen LogP contribution in [0.2, 0.25) is 0 Å². The van der Waals surface area contributed by atoms with Gasteiger partial charge in [-0.25, -0.2) is 9.97 Å². The number of nitrogens with zero attached hydrogens (tertiary/aromatic N) is 2.